The molecule has 0 unspecified atom stereocenters. The highest BCUT2D eigenvalue weighted by atomic mass is 35.5. The normalized spacial score (nSPS) is 12.6. The Morgan fingerprint density at radius 1 is 1.42 bits per heavy atom. The lowest BCUT2D eigenvalue weighted by Crippen LogP contribution is -2.51. The van der Waals surface area contributed by atoms with E-state index in [1.807, 2.05) is 20.8 Å². The third-order valence-electron chi connectivity index (χ3n) is 3.40. The summed E-state index contributed by atoms with van der Waals surface area (Å²) in [7, 11) is 0. The first-order chi connectivity index (χ1) is 8.60. The zero-order valence-corrected chi connectivity index (χ0v) is 12.9. The van der Waals surface area contributed by atoms with Gasteiger partial charge in [-0.15, -0.1) is 0 Å². The molecule has 5 nitrogen and oxygen atoms in total. The highest BCUT2D eigenvalue weighted by Crippen LogP contribution is 2.27. The van der Waals surface area contributed by atoms with Crippen LogP contribution in [0, 0.1) is 0 Å². The number of halogens is 1. The maximum atomic E-state index is 12.0. The van der Waals surface area contributed by atoms with E-state index in [4.69, 9.17) is 11.6 Å². The van der Waals surface area contributed by atoms with Crippen LogP contribution >= 0.6 is 11.6 Å². The van der Waals surface area contributed by atoms with E-state index in [0.717, 1.165) is 6.42 Å². The van der Waals surface area contributed by atoms with Crippen molar-refractivity contribution in [3.8, 4) is 0 Å². The fraction of sp³-hybridized carbons (Fsp3) is 0.692. The zero-order valence-electron chi connectivity index (χ0n) is 12.1. The molecule has 1 aromatic rings. The molecule has 0 radical (unpaired) electrons. The monoisotopic (exact) mass is 287 g/mol. The number of anilines is 1. The van der Waals surface area contributed by atoms with Gasteiger partial charge in [0.05, 0.1) is 23.0 Å². The van der Waals surface area contributed by atoms with Gasteiger partial charge >= 0.3 is 0 Å². The Labute approximate surface area is 118 Å². The lowest BCUT2D eigenvalue weighted by Gasteiger charge is -2.38. The topological polar surface area (TPSA) is 67.2 Å². The molecule has 6 heteroatoms. The predicted molar refractivity (Wildman–Crippen MR) is 77.8 cm³/mol. The van der Waals surface area contributed by atoms with Crippen LogP contribution in [-0.4, -0.2) is 26.0 Å². The smallest absolute Gasteiger partial charge is 0.287 e. The van der Waals surface area contributed by atoms with Crippen molar-refractivity contribution in [3.05, 3.63) is 21.6 Å². The second-order valence-electron chi connectivity index (χ2n) is 5.71. The first-order valence-electron chi connectivity index (χ1n) is 6.36. The summed E-state index contributed by atoms with van der Waals surface area (Å²) < 4.78 is 1.34. The maximum Gasteiger partial charge on any atom is 0.287 e. The van der Waals surface area contributed by atoms with Crippen molar-refractivity contribution in [2.45, 2.75) is 58.7 Å². The second kappa shape index (κ2) is 5.51. The lowest BCUT2D eigenvalue weighted by atomic mass is 9.86. The number of hydrogen-bond donors (Lipinski definition) is 2. The van der Waals surface area contributed by atoms with Crippen LogP contribution < -0.4 is 10.9 Å². The molecule has 0 saturated heterocycles. The molecule has 2 N–H and O–H groups in total. The van der Waals surface area contributed by atoms with Crippen LogP contribution in [-0.2, 0) is 6.54 Å². The average Bonchev–Trinajstić information content (AvgIpc) is 2.27. The van der Waals surface area contributed by atoms with Crippen LogP contribution in [0.5, 0.6) is 0 Å². The van der Waals surface area contributed by atoms with Crippen molar-refractivity contribution in [1.82, 2.24) is 9.78 Å². The molecule has 0 aliphatic carbocycles. The number of aryl methyl sites for hydroxylation is 1. The quantitative estimate of drug-likeness (QED) is 0.872. The van der Waals surface area contributed by atoms with Gasteiger partial charge < -0.3 is 10.4 Å². The zero-order chi connectivity index (χ0) is 14.8. The summed E-state index contributed by atoms with van der Waals surface area (Å²) in [6, 6.07) is 0. The Morgan fingerprint density at radius 2 is 2.00 bits per heavy atom. The molecule has 1 rings (SSSR count). The van der Waals surface area contributed by atoms with Crippen molar-refractivity contribution in [2.24, 2.45) is 0 Å². The number of nitrogens with one attached hydrogen (secondary N) is 1. The van der Waals surface area contributed by atoms with E-state index in [1.54, 1.807) is 13.8 Å². The number of aliphatic hydroxyl groups is 1. The first-order valence-corrected chi connectivity index (χ1v) is 6.74. The molecule has 0 bridgehead atoms. The molecule has 108 valence electrons. The maximum absolute atomic E-state index is 12.0. The summed E-state index contributed by atoms with van der Waals surface area (Å²) in [5, 5.41) is 17.3. The van der Waals surface area contributed by atoms with Crippen LogP contribution in [0.25, 0.3) is 0 Å². The molecule has 0 fully saturated rings. The fourth-order valence-corrected chi connectivity index (χ4v) is 1.61. The van der Waals surface area contributed by atoms with Gasteiger partial charge in [0.25, 0.3) is 5.56 Å². The third-order valence-corrected chi connectivity index (χ3v) is 3.76. The van der Waals surface area contributed by atoms with Crippen molar-refractivity contribution in [3.63, 3.8) is 0 Å². The van der Waals surface area contributed by atoms with Gasteiger partial charge in [0.1, 0.15) is 5.02 Å². The minimum Gasteiger partial charge on any atom is -0.388 e. The molecular formula is C13H22ClN3O2. The molecule has 0 amide bonds. The van der Waals surface area contributed by atoms with Crippen molar-refractivity contribution < 1.29 is 5.11 Å². The first kappa shape index (κ1) is 16.0. The summed E-state index contributed by atoms with van der Waals surface area (Å²) in [5.41, 5.74) is -1.51. The molecule has 0 aromatic carbocycles. The highest BCUT2D eigenvalue weighted by molar-refractivity contribution is 6.32. The summed E-state index contributed by atoms with van der Waals surface area (Å²) in [6.45, 7) is 9.56. The molecule has 0 atom stereocenters. The predicted octanol–water partition coefficient (Wildman–Crippen LogP) is 2.27. The van der Waals surface area contributed by atoms with Gasteiger partial charge in [-0.3, -0.25) is 4.79 Å². The van der Waals surface area contributed by atoms with Gasteiger partial charge in [-0.1, -0.05) is 18.5 Å². The highest BCUT2D eigenvalue weighted by Gasteiger charge is 2.35. The van der Waals surface area contributed by atoms with E-state index >= 15 is 0 Å². The summed E-state index contributed by atoms with van der Waals surface area (Å²) in [6.07, 6.45) is 2.33. The van der Waals surface area contributed by atoms with Crippen LogP contribution in [0.15, 0.2) is 11.0 Å². The van der Waals surface area contributed by atoms with Crippen molar-refractivity contribution in [2.75, 3.05) is 5.32 Å². The number of nitrogens with zero attached hydrogens (tertiary/aromatic N) is 2. The van der Waals surface area contributed by atoms with Gasteiger partial charge in [-0.25, -0.2) is 4.68 Å². The van der Waals surface area contributed by atoms with E-state index < -0.39 is 11.1 Å². The summed E-state index contributed by atoms with van der Waals surface area (Å²) in [4.78, 5) is 12.0. The largest absolute Gasteiger partial charge is 0.388 e. The Bertz CT molecular complexity index is 504. The molecule has 0 spiro atoms. The van der Waals surface area contributed by atoms with E-state index in [2.05, 4.69) is 10.4 Å². The third kappa shape index (κ3) is 3.48. The average molecular weight is 288 g/mol. The minimum atomic E-state index is -0.978. The van der Waals surface area contributed by atoms with Gasteiger partial charge in [-0.2, -0.15) is 5.10 Å². The van der Waals surface area contributed by atoms with Crippen LogP contribution in [0.2, 0.25) is 5.02 Å². The van der Waals surface area contributed by atoms with Gasteiger partial charge in [0, 0.05) is 6.54 Å². The van der Waals surface area contributed by atoms with Gasteiger partial charge in [0.15, 0.2) is 0 Å². The summed E-state index contributed by atoms with van der Waals surface area (Å²) >= 11 is 6.07. The number of hydrogen-bond acceptors (Lipinski definition) is 4. The van der Waals surface area contributed by atoms with Gasteiger partial charge in [0.2, 0.25) is 0 Å². The van der Waals surface area contributed by atoms with Gasteiger partial charge in [-0.05, 0) is 34.1 Å². The molecule has 0 aliphatic heterocycles. The Balaban J connectivity index is 3.11. The molecule has 1 aromatic heterocycles. The fourth-order valence-electron chi connectivity index (χ4n) is 1.41. The minimum absolute atomic E-state index is 0.0979. The molecule has 0 saturated carbocycles. The standard InChI is InChI=1S/C13H22ClN3O2/c1-6-7-17-11(18)10(14)9(8-15-17)16-12(2,3)13(4,5)19/h8,16,19H,6-7H2,1-5H3. The molecule has 0 aliphatic rings. The Kier molecular flexibility index (Phi) is 4.63. The number of rotatable bonds is 5. The van der Waals surface area contributed by atoms with E-state index in [-0.39, 0.29) is 10.6 Å². The van der Waals surface area contributed by atoms with Crippen LogP contribution in [0.3, 0.4) is 0 Å². The van der Waals surface area contributed by atoms with Crippen molar-refractivity contribution >= 4 is 17.3 Å². The second-order valence-corrected chi connectivity index (χ2v) is 6.09. The SMILES string of the molecule is CCCn1ncc(NC(C)(C)C(C)(C)O)c(Cl)c1=O. The molecule has 19 heavy (non-hydrogen) atoms. The van der Waals surface area contributed by atoms with Crippen LogP contribution in [0.4, 0.5) is 5.69 Å². The van der Waals surface area contributed by atoms with Crippen LogP contribution in [0.1, 0.15) is 41.0 Å². The number of aromatic nitrogens is 2. The molecular weight excluding hydrogens is 266 g/mol. The lowest BCUT2D eigenvalue weighted by molar-refractivity contribution is 0.0240. The van der Waals surface area contributed by atoms with Crippen molar-refractivity contribution in [1.29, 1.82) is 0 Å². The molecule has 1 heterocycles. The van der Waals surface area contributed by atoms with E-state index in [9.17, 15) is 9.90 Å². The summed E-state index contributed by atoms with van der Waals surface area (Å²) in [5.74, 6) is 0. The van der Waals surface area contributed by atoms with E-state index in [0.29, 0.717) is 12.2 Å². The Morgan fingerprint density at radius 3 is 2.47 bits per heavy atom. The Hall–Kier alpha value is -1.07. The van der Waals surface area contributed by atoms with E-state index in [1.165, 1.54) is 10.9 Å².